The predicted molar refractivity (Wildman–Crippen MR) is 60.9 cm³/mol. The minimum absolute atomic E-state index is 0.0488. The molecule has 76 valence electrons. The van der Waals surface area contributed by atoms with Crippen molar-refractivity contribution >= 4 is 35.1 Å². The Morgan fingerprint density at radius 1 is 1.64 bits per heavy atom. The molecular formula is C9H11ClN2OS. The summed E-state index contributed by atoms with van der Waals surface area (Å²) in [5.74, 6) is 0.479. The first-order chi connectivity index (χ1) is 6.63. The first-order valence-corrected chi connectivity index (χ1v) is 5.75. The maximum absolute atomic E-state index is 11.4. The number of halogens is 1. The predicted octanol–water partition coefficient (Wildman–Crippen LogP) is 2.42. The van der Waals surface area contributed by atoms with Crippen molar-refractivity contribution in [2.24, 2.45) is 0 Å². The second-order valence-electron chi connectivity index (χ2n) is 2.73. The summed E-state index contributed by atoms with van der Waals surface area (Å²) in [4.78, 5) is 15.4. The van der Waals surface area contributed by atoms with Crippen LogP contribution in [0.25, 0.3) is 0 Å². The SMILES string of the molecule is CSC(C)C(=O)Nc1ccc(Cl)cn1. The number of nitrogens with zero attached hydrogens (tertiary/aromatic N) is 1. The van der Waals surface area contributed by atoms with E-state index in [4.69, 9.17) is 11.6 Å². The Morgan fingerprint density at radius 3 is 2.86 bits per heavy atom. The maximum atomic E-state index is 11.4. The van der Waals surface area contributed by atoms with E-state index in [9.17, 15) is 4.79 Å². The van der Waals surface area contributed by atoms with Gasteiger partial charge in [0.05, 0.1) is 10.3 Å². The third kappa shape index (κ3) is 3.20. The Balaban J connectivity index is 2.60. The van der Waals surface area contributed by atoms with E-state index in [1.54, 1.807) is 12.1 Å². The number of pyridine rings is 1. The van der Waals surface area contributed by atoms with E-state index in [-0.39, 0.29) is 11.2 Å². The van der Waals surface area contributed by atoms with E-state index in [1.807, 2.05) is 13.2 Å². The molecule has 0 fully saturated rings. The number of thioether (sulfide) groups is 1. The van der Waals surface area contributed by atoms with Crippen LogP contribution in [0.1, 0.15) is 6.92 Å². The summed E-state index contributed by atoms with van der Waals surface area (Å²) in [5, 5.41) is 3.17. The zero-order valence-electron chi connectivity index (χ0n) is 7.95. The van der Waals surface area contributed by atoms with E-state index in [0.717, 1.165) is 0 Å². The van der Waals surface area contributed by atoms with E-state index >= 15 is 0 Å². The highest BCUT2D eigenvalue weighted by Gasteiger charge is 2.11. The molecule has 0 bridgehead atoms. The molecule has 0 radical (unpaired) electrons. The van der Waals surface area contributed by atoms with Gasteiger partial charge in [0.1, 0.15) is 5.82 Å². The largest absolute Gasteiger partial charge is 0.310 e. The molecule has 0 spiro atoms. The van der Waals surface area contributed by atoms with Crippen molar-refractivity contribution in [3.63, 3.8) is 0 Å². The van der Waals surface area contributed by atoms with Crippen molar-refractivity contribution in [1.82, 2.24) is 4.98 Å². The quantitative estimate of drug-likeness (QED) is 0.867. The van der Waals surface area contributed by atoms with Gasteiger partial charge in [0, 0.05) is 6.20 Å². The number of anilines is 1. The van der Waals surface area contributed by atoms with Gasteiger partial charge in [-0.05, 0) is 25.3 Å². The van der Waals surface area contributed by atoms with E-state index in [2.05, 4.69) is 10.3 Å². The summed E-state index contributed by atoms with van der Waals surface area (Å²) in [6.07, 6.45) is 3.39. The third-order valence-electron chi connectivity index (χ3n) is 1.70. The lowest BCUT2D eigenvalue weighted by Gasteiger charge is -2.08. The first-order valence-electron chi connectivity index (χ1n) is 4.08. The molecule has 1 aromatic rings. The molecule has 0 aliphatic carbocycles. The van der Waals surface area contributed by atoms with Gasteiger partial charge in [-0.2, -0.15) is 11.8 Å². The van der Waals surface area contributed by atoms with Gasteiger partial charge in [0.15, 0.2) is 0 Å². The van der Waals surface area contributed by atoms with Gasteiger partial charge >= 0.3 is 0 Å². The second kappa shape index (κ2) is 5.22. The van der Waals surface area contributed by atoms with Gasteiger partial charge < -0.3 is 5.32 Å². The van der Waals surface area contributed by atoms with Gasteiger partial charge in [-0.3, -0.25) is 4.79 Å². The summed E-state index contributed by atoms with van der Waals surface area (Å²) < 4.78 is 0. The highest BCUT2D eigenvalue weighted by atomic mass is 35.5. The maximum Gasteiger partial charge on any atom is 0.238 e. The van der Waals surface area contributed by atoms with Crippen molar-refractivity contribution in [3.8, 4) is 0 Å². The van der Waals surface area contributed by atoms with Crippen LogP contribution in [-0.2, 0) is 4.79 Å². The third-order valence-corrected chi connectivity index (χ3v) is 2.85. The lowest BCUT2D eigenvalue weighted by Crippen LogP contribution is -2.22. The molecule has 0 aliphatic heterocycles. The molecule has 1 unspecified atom stereocenters. The monoisotopic (exact) mass is 230 g/mol. The van der Waals surface area contributed by atoms with Gasteiger partial charge in [-0.1, -0.05) is 11.6 Å². The molecule has 1 amide bonds. The number of carbonyl (C=O) groups is 1. The Bertz CT molecular complexity index is 315. The van der Waals surface area contributed by atoms with Crippen LogP contribution in [0.15, 0.2) is 18.3 Å². The van der Waals surface area contributed by atoms with Crippen LogP contribution >= 0.6 is 23.4 Å². The lowest BCUT2D eigenvalue weighted by atomic mass is 10.4. The number of nitrogens with one attached hydrogen (secondary N) is 1. The summed E-state index contributed by atoms with van der Waals surface area (Å²) >= 11 is 7.15. The average molecular weight is 231 g/mol. The van der Waals surface area contributed by atoms with Crippen molar-refractivity contribution in [2.45, 2.75) is 12.2 Å². The van der Waals surface area contributed by atoms with Crippen molar-refractivity contribution in [3.05, 3.63) is 23.4 Å². The molecule has 0 saturated carbocycles. The molecule has 1 rings (SSSR count). The smallest absolute Gasteiger partial charge is 0.238 e. The van der Waals surface area contributed by atoms with Gasteiger partial charge in [0.2, 0.25) is 5.91 Å². The highest BCUT2D eigenvalue weighted by Crippen LogP contribution is 2.12. The van der Waals surface area contributed by atoms with E-state index in [0.29, 0.717) is 10.8 Å². The van der Waals surface area contributed by atoms with Crippen LogP contribution in [0.3, 0.4) is 0 Å². The summed E-state index contributed by atoms with van der Waals surface area (Å²) in [6, 6.07) is 3.36. The molecule has 0 aromatic carbocycles. The standard InChI is InChI=1S/C9H11ClN2OS/c1-6(14-2)9(13)12-8-4-3-7(10)5-11-8/h3-6H,1-2H3,(H,11,12,13). The van der Waals surface area contributed by atoms with Crippen LogP contribution in [-0.4, -0.2) is 22.4 Å². The molecule has 5 heteroatoms. The number of amides is 1. The van der Waals surface area contributed by atoms with Gasteiger partial charge in [-0.15, -0.1) is 0 Å². The Morgan fingerprint density at radius 2 is 2.36 bits per heavy atom. The van der Waals surface area contributed by atoms with Crippen LogP contribution in [0.5, 0.6) is 0 Å². The van der Waals surface area contributed by atoms with Crippen molar-refractivity contribution in [2.75, 3.05) is 11.6 Å². The second-order valence-corrected chi connectivity index (χ2v) is 4.34. The van der Waals surface area contributed by atoms with Crippen LogP contribution in [0.4, 0.5) is 5.82 Å². The average Bonchev–Trinajstić information content (AvgIpc) is 2.20. The fraction of sp³-hybridized carbons (Fsp3) is 0.333. The number of carbonyl (C=O) groups excluding carboxylic acids is 1. The molecule has 0 saturated heterocycles. The zero-order chi connectivity index (χ0) is 10.6. The molecule has 14 heavy (non-hydrogen) atoms. The number of hydrogen-bond donors (Lipinski definition) is 1. The summed E-state index contributed by atoms with van der Waals surface area (Å²) in [6.45, 7) is 1.84. The fourth-order valence-corrected chi connectivity index (χ4v) is 1.17. The van der Waals surface area contributed by atoms with Crippen LogP contribution < -0.4 is 5.32 Å². The minimum atomic E-state index is -0.0764. The van der Waals surface area contributed by atoms with Gasteiger partial charge in [0.25, 0.3) is 0 Å². The molecule has 3 nitrogen and oxygen atoms in total. The summed E-state index contributed by atoms with van der Waals surface area (Å²) in [7, 11) is 0. The zero-order valence-corrected chi connectivity index (χ0v) is 9.52. The number of rotatable bonds is 3. The topological polar surface area (TPSA) is 42.0 Å². The molecule has 1 N–H and O–H groups in total. The molecule has 0 aliphatic rings. The van der Waals surface area contributed by atoms with Crippen molar-refractivity contribution < 1.29 is 4.79 Å². The lowest BCUT2D eigenvalue weighted by molar-refractivity contribution is -0.115. The van der Waals surface area contributed by atoms with Crippen LogP contribution in [0.2, 0.25) is 5.02 Å². The normalized spacial score (nSPS) is 12.2. The number of hydrogen-bond acceptors (Lipinski definition) is 3. The molecule has 1 aromatic heterocycles. The summed E-state index contributed by atoms with van der Waals surface area (Å²) in [5.41, 5.74) is 0. The van der Waals surface area contributed by atoms with Crippen molar-refractivity contribution in [1.29, 1.82) is 0 Å². The van der Waals surface area contributed by atoms with Gasteiger partial charge in [-0.25, -0.2) is 4.98 Å². The Labute approximate surface area is 92.2 Å². The number of aromatic nitrogens is 1. The fourth-order valence-electron chi connectivity index (χ4n) is 0.785. The Kier molecular flexibility index (Phi) is 4.22. The minimum Gasteiger partial charge on any atom is -0.310 e. The first kappa shape index (κ1) is 11.3. The van der Waals surface area contributed by atoms with E-state index < -0.39 is 0 Å². The molecule has 1 heterocycles. The van der Waals surface area contributed by atoms with E-state index in [1.165, 1.54) is 18.0 Å². The van der Waals surface area contributed by atoms with Crippen LogP contribution in [0, 0.1) is 0 Å². The molecule has 1 atom stereocenters. The molecular weight excluding hydrogens is 220 g/mol. The highest BCUT2D eigenvalue weighted by molar-refractivity contribution is 7.99. The Hall–Kier alpha value is -0.740.